The second-order valence-corrected chi connectivity index (χ2v) is 7.42. The van der Waals surface area contributed by atoms with Crippen molar-refractivity contribution < 1.29 is 9.72 Å². The van der Waals surface area contributed by atoms with Crippen LogP contribution in [0.4, 0.5) is 5.13 Å². The number of aryl methyl sites for hydroxylation is 1. The lowest BCUT2D eigenvalue weighted by Gasteiger charge is -2.13. The largest absolute Gasteiger partial charge is 0.302 e. The number of hydrogen-bond donors (Lipinski definition) is 1. The summed E-state index contributed by atoms with van der Waals surface area (Å²) in [5, 5.41) is 15.1. The van der Waals surface area contributed by atoms with Crippen LogP contribution >= 0.6 is 22.9 Å². The van der Waals surface area contributed by atoms with Crippen LogP contribution in [0.15, 0.2) is 24.3 Å². The van der Waals surface area contributed by atoms with Crippen LogP contribution < -0.4 is 5.32 Å². The zero-order valence-electron chi connectivity index (χ0n) is 14.8. The highest BCUT2D eigenvalue weighted by atomic mass is 35.5. The lowest BCUT2D eigenvalue weighted by molar-refractivity contribution is -0.481. The first-order valence-electron chi connectivity index (χ1n) is 8.61. The number of nitrogens with zero attached hydrogens (tertiary/aromatic N) is 2. The number of amides is 1. The average Bonchev–Trinajstić information content (AvgIpc) is 3.00. The number of rotatable bonds is 9. The van der Waals surface area contributed by atoms with Crippen molar-refractivity contribution in [3.05, 3.63) is 55.5 Å². The smallest absolute Gasteiger partial charge is 0.225 e. The topological polar surface area (TPSA) is 85.1 Å². The van der Waals surface area contributed by atoms with Gasteiger partial charge in [0.15, 0.2) is 5.13 Å². The molecule has 0 saturated carbocycles. The van der Waals surface area contributed by atoms with E-state index >= 15 is 0 Å². The Morgan fingerprint density at radius 2 is 2.04 bits per heavy atom. The minimum Gasteiger partial charge on any atom is -0.302 e. The fraction of sp³-hybridized carbons (Fsp3) is 0.444. The summed E-state index contributed by atoms with van der Waals surface area (Å²) < 4.78 is 0. The van der Waals surface area contributed by atoms with Crippen molar-refractivity contribution in [2.24, 2.45) is 0 Å². The highest BCUT2D eigenvalue weighted by Crippen LogP contribution is 2.36. The summed E-state index contributed by atoms with van der Waals surface area (Å²) in [4.78, 5) is 28.0. The normalized spacial score (nSPS) is 12.0. The minimum atomic E-state index is -0.418. The third-order valence-corrected chi connectivity index (χ3v) is 5.36. The maximum absolute atomic E-state index is 11.7. The zero-order chi connectivity index (χ0) is 19.1. The average molecular weight is 396 g/mol. The van der Waals surface area contributed by atoms with Gasteiger partial charge in [0.05, 0.1) is 11.6 Å². The molecule has 0 aliphatic heterocycles. The number of carbonyl (C=O) groups is 1. The lowest BCUT2D eigenvalue weighted by Crippen LogP contribution is -2.14. The number of halogens is 1. The summed E-state index contributed by atoms with van der Waals surface area (Å²) in [5.74, 6) is -0.538. The molecule has 1 aromatic carbocycles. The molecule has 0 fully saturated rings. The van der Waals surface area contributed by atoms with Gasteiger partial charge in [-0.3, -0.25) is 14.9 Å². The number of aromatic nitrogens is 1. The molecular weight excluding hydrogens is 374 g/mol. The maximum atomic E-state index is 11.7. The Hall–Kier alpha value is -1.99. The summed E-state index contributed by atoms with van der Waals surface area (Å²) in [6.45, 7) is 3.62. The first-order valence-corrected chi connectivity index (χ1v) is 9.80. The van der Waals surface area contributed by atoms with Crippen LogP contribution in [-0.2, 0) is 11.2 Å². The second-order valence-electron chi connectivity index (χ2n) is 5.95. The van der Waals surface area contributed by atoms with E-state index in [1.165, 1.54) is 11.3 Å². The molecule has 1 atom stereocenters. The van der Waals surface area contributed by atoms with Gasteiger partial charge < -0.3 is 5.32 Å². The molecule has 1 N–H and O–H groups in total. The Bertz CT molecular complexity index is 762. The zero-order valence-corrected chi connectivity index (χ0v) is 16.4. The van der Waals surface area contributed by atoms with Gasteiger partial charge >= 0.3 is 0 Å². The Morgan fingerprint density at radius 3 is 2.62 bits per heavy atom. The summed E-state index contributed by atoms with van der Waals surface area (Å²) in [5.41, 5.74) is 1.64. The standard InChI is InChI=1S/C18H22ClN3O3S/c1-3-5-6-15-17(26-18(20-15)21-16(23)4-2)14(11-22(24)25)12-7-9-13(19)10-8-12/h7-10,14H,3-6,11H2,1-2H3,(H,20,21,23). The molecule has 0 spiro atoms. The van der Waals surface area contributed by atoms with E-state index in [4.69, 9.17) is 11.6 Å². The first-order chi connectivity index (χ1) is 12.4. The van der Waals surface area contributed by atoms with Crippen LogP contribution in [0.2, 0.25) is 5.02 Å². The van der Waals surface area contributed by atoms with Crippen molar-refractivity contribution in [3.8, 4) is 0 Å². The monoisotopic (exact) mass is 395 g/mol. The Morgan fingerprint density at radius 1 is 1.35 bits per heavy atom. The molecule has 26 heavy (non-hydrogen) atoms. The second kappa shape index (κ2) is 9.64. The molecule has 2 rings (SSSR count). The first kappa shape index (κ1) is 20.3. The van der Waals surface area contributed by atoms with Crippen molar-refractivity contribution in [3.63, 3.8) is 0 Å². The molecule has 1 unspecified atom stereocenters. The van der Waals surface area contributed by atoms with Crippen molar-refractivity contribution in [2.45, 2.75) is 45.4 Å². The maximum Gasteiger partial charge on any atom is 0.225 e. The molecule has 1 aromatic heterocycles. The lowest BCUT2D eigenvalue weighted by atomic mass is 9.95. The van der Waals surface area contributed by atoms with Gasteiger partial charge in [-0.2, -0.15) is 0 Å². The van der Waals surface area contributed by atoms with E-state index in [0.717, 1.165) is 35.4 Å². The van der Waals surface area contributed by atoms with Crippen LogP contribution in [0.25, 0.3) is 0 Å². The van der Waals surface area contributed by atoms with E-state index in [1.807, 2.05) is 12.1 Å². The number of carbonyl (C=O) groups excluding carboxylic acids is 1. The highest BCUT2D eigenvalue weighted by Gasteiger charge is 2.27. The summed E-state index contributed by atoms with van der Waals surface area (Å²) in [6.07, 6.45) is 3.01. The van der Waals surface area contributed by atoms with E-state index in [9.17, 15) is 14.9 Å². The van der Waals surface area contributed by atoms with Gasteiger partial charge in [-0.05, 0) is 30.5 Å². The molecule has 6 nitrogen and oxygen atoms in total. The Balaban J connectivity index is 2.44. The number of nitrogens with one attached hydrogen (secondary N) is 1. The molecule has 0 saturated heterocycles. The number of nitro groups is 1. The molecule has 1 amide bonds. The van der Waals surface area contributed by atoms with Crippen molar-refractivity contribution >= 4 is 34.0 Å². The van der Waals surface area contributed by atoms with Gasteiger partial charge in [-0.1, -0.05) is 44.0 Å². The van der Waals surface area contributed by atoms with Gasteiger partial charge in [0, 0.05) is 21.2 Å². The molecule has 8 heteroatoms. The molecule has 2 aromatic rings. The van der Waals surface area contributed by atoms with E-state index in [1.54, 1.807) is 19.1 Å². The number of thiazole rings is 1. The number of unbranched alkanes of at least 4 members (excludes halogenated alkanes) is 1. The van der Waals surface area contributed by atoms with Crippen LogP contribution in [0, 0.1) is 10.1 Å². The minimum absolute atomic E-state index is 0.121. The molecule has 1 heterocycles. The number of anilines is 1. The van der Waals surface area contributed by atoms with Crippen LogP contribution in [0.5, 0.6) is 0 Å². The summed E-state index contributed by atoms with van der Waals surface area (Å²) in [7, 11) is 0. The van der Waals surface area contributed by atoms with Crippen LogP contribution in [-0.4, -0.2) is 22.4 Å². The Labute approximate surface area is 161 Å². The fourth-order valence-corrected chi connectivity index (χ4v) is 3.88. The van der Waals surface area contributed by atoms with Gasteiger partial charge in [0.1, 0.15) is 0 Å². The molecular formula is C18H22ClN3O3S. The summed E-state index contributed by atoms with van der Waals surface area (Å²) >= 11 is 7.28. The molecule has 0 radical (unpaired) electrons. The quantitative estimate of drug-likeness (QED) is 0.483. The van der Waals surface area contributed by atoms with Crippen molar-refractivity contribution in [1.29, 1.82) is 0 Å². The third-order valence-electron chi connectivity index (χ3n) is 3.98. The van der Waals surface area contributed by atoms with Crippen molar-refractivity contribution in [1.82, 2.24) is 4.98 Å². The highest BCUT2D eigenvalue weighted by molar-refractivity contribution is 7.16. The summed E-state index contributed by atoms with van der Waals surface area (Å²) in [6, 6.07) is 7.08. The van der Waals surface area contributed by atoms with E-state index in [2.05, 4.69) is 17.2 Å². The predicted octanol–water partition coefficient (Wildman–Crippen LogP) is 4.90. The SMILES string of the molecule is CCCCc1nc(NC(=O)CC)sc1C(C[N+](=O)[O-])c1ccc(Cl)cc1. The van der Waals surface area contributed by atoms with Gasteiger partial charge in [-0.25, -0.2) is 4.98 Å². The molecule has 0 aliphatic carbocycles. The van der Waals surface area contributed by atoms with E-state index in [0.29, 0.717) is 16.6 Å². The fourth-order valence-electron chi connectivity index (χ4n) is 2.60. The van der Waals surface area contributed by atoms with Crippen LogP contribution in [0.1, 0.15) is 55.2 Å². The van der Waals surface area contributed by atoms with E-state index in [-0.39, 0.29) is 17.4 Å². The van der Waals surface area contributed by atoms with Crippen molar-refractivity contribution in [2.75, 3.05) is 11.9 Å². The van der Waals surface area contributed by atoms with Gasteiger partial charge in [0.2, 0.25) is 12.5 Å². The number of benzene rings is 1. The molecule has 0 bridgehead atoms. The number of hydrogen-bond acceptors (Lipinski definition) is 5. The molecule has 0 aliphatic rings. The Kier molecular flexibility index (Phi) is 7.53. The van der Waals surface area contributed by atoms with Gasteiger partial charge in [-0.15, -0.1) is 11.3 Å². The molecule has 140 valence electrons. The predicted molar refractivity (Wildman–Crippen MR) is 105 cm³/mol. The van der Waals surface area contributed by atoms with Crippen LogP contribution in [0.3, 0.4) is 0 Å². The third kappa shape index (κ3) is 5.51. The van der Waals surface area contributed by atoms with Gasteiger partial charge in [0.25, 0.3) is 0 Å². The van der Waals surface area contributed by atoms with E-state index < -0.39 is 5.92 Å².